The smallest absolute Gasteiger partial charge is 0.164 e. The van der Waals surface area contributed by atoms with Crippen LogP contribution in [0.2, 0.25) is 0 Å². The van der Waals surface area contributed by atoms with E-state index in [1.165, 1.54) is 0 Å². The molecule has 0 aliphatic carbocycles. The summed E-state index contributed by atoms with van der Waals surface area (Å²) >= 11 is 0. The Morgan fingerprint density at radius 3 is 2.18 bits per heavy atom. The summed E-state index contributed by atoms with van der Waals surface area (Å²) in [5.74, 6) is -0.430. The fraction of sp³-hybridized carbons (Fsp3) is 1.00. The van der Waals surface area contributed by atoms with Crippen molar-refractivity contribution in [3.05, 3.63) is 0 Å². The van der Waals surface area contributed by atoms with E-state index in [4.69, 9.17) is 13.9 Å². The van der Waals surface area contributed by atoms with Crippen molar-refractivity contribution in [1.29, 1.82) is 0 Å². The summed E-state index contributed by atoms with van der Waals surface area (Å²) in [4.78, 5) is 0. The topological polar surface area (TPSA) is 27.7 Å². The van der Waals surface area contributed by atoms with Crippen LogP contribution in [0.5, 0.6) is 0 Å². The van der Waals surface area contributed by atoms with Crippen LogP contribution in [0.15, 0.2) is 0 Å². The Kier molecular flexibility index (Phi) is 5.76. The molecule has 0 rings (SSSR count). The SMILES string of the molecule is COC(C)(CCCO[SiH3])OC. The largest absolute Gasteiger partial charge is 0.428 e. The number of hydrogen-bond acceptors (Lipinski definition) is 3. The third-order valence-electron chi connectivity index (χ3n) is 1.84. The van der Waals surface area contributed by atoms with Gasteiger partial charge in [0, 0.05) is 27.2 Å². The van der Waals surface area contributed by atoms with E-state index in [1.54, 1.807) is 14.2 Å². The van der Waals surface area contributed by atoms with Crippen molar-refractivity contribution in [3.8, 4) is 0 Å². The lowest BCUT2D eigenvalue weighted by Gasteiger charge is -2.25. The van der Waals surface area contributed by atoms with Crippen LogP contribution in [-0.2, 0) is 13.9 Å². The molecule has 0 amide bonds. The average Bonchev–Trinajstić information content (AvgIpc) is 2.05. The van der Waals surface area contributed by atoms with Gasteiger partial charge in [-0.05, 0) is 13.3 Å². The summed E-state index contributed by atoms with van der Waals surface area (Å²) in [6.45, 7) is 2.74. The fourth-order valence-corrected chi connectivity index (χ4v) is 1.11. The predicted octanol–water partition coefficient (Wildman–Crippen LogP) is 0.0726. The van der Waals surface area contributed by atoms with Gasteiger partial charge in [-0.25, -0.2) is 0 Å². The van der Waals surface area contributed by atoms with E-state index in [9.17, 15) is 0 Å². The van der Waals surface area contributed by atoms with Gasteiger partial charge in [0.2, 0.25) is 0 Å². The molecule has 0 saturated carbocycles. The lowest BCUT2D eigenvalue weighted by atomic mass is 10.2. The van der Waals surface area contributed by atoms with E-state index in [0.717, 1.165) is 29.9 Å². The molecule has 68 valence electrons. The average molecular weight is 178 g/mol. The Hall–Kier alpha value is 0.0969. The normalized spacial score (nSPS) is 12.3. The Morgan fingerprint density at radius 1 is 1.27 bits per heavy atom. The van der Waals surface area contributed by atoms with E-state index < -0.39 is 5.79 Å². The maximum Gasteiger partial charge on any atom is 0.164 e. The first-order valence-electron chi connectivity index (χ1n) is 3.78. The molecule has 11 heavy (non-hydrogen) atoms. The van der Waals surface area contributed by atoms with Gasteiger partial charge in [-0.1, -0.05) is 0 Å². The first kappa shape index (κ1) is 11.1. The Morgan fingerprint density at radius 2 is 1.82 bits per heavy atom. The van der Waals surface area contributed by atoms with Crippen molar-refractivity contribution in [2.45, 2.75) is 25.6 Å². The molecule has 0 aliphatic rings. The van der Waals surface area contributed by atoms with Gasteiger partial charge in [0.15, 0.2) is 5.79 Å². The lowest BCUT2D eigenvalue weighted by molar-refractivity contribution is -0.198. The van der Waals surface area contributed by atoms with E-state index >= 15 is 0 Å². The van der Waals surface area contributed by atoms with Crippen LogP contribution in [0.1, 0.15) is 19.8 Å². The second-order valence-electron chi connectivity index (χ2n) is 2.64. The minimum atomic E-state index is -0.430. The van der Waals surface area contributed by atoms with Crippen LogP contribution in [0, 0.1) is 0 Å². The molecule has 3 nitrogen and oxygen atoms in total. The van der Waals surface area contributed by atoms with Gasteiger partial charge in [0.25, 0.3) is 0 Å². The standard InChI is InChI=1S/C7H18O3Si/c1-7(8-2,9-3)5-4-6-10-11/h4-6H2,1-3,11H3. The van der Waals surface area contributed by atoms with Crippen molar-refractivity contribution in [3.63, 3.8) is 0 Å². The minimum absolute atomic E-state index is 0.430. The van der Waals surface area contributed by atoms with E-state index in [-0.39, 0.29) is 0 Å². The Labute approximate surface area is 71.6 Å². The summed E-state index contributed by atoms with van der Waals surface area (Å²) in [6.07, 6.45) is 1.86. The molecule has 0 bridgehead atoms. The molecule has 0 aromatic carbocycles. The summed E-state index contributed by atoms with van der Waals surface area (Å²) in [5.41, 5.74) is 0. The van der Waals surface area contributed by atoms with Gasteiger partial charge in [-0.15, -0.1) is 0 Å². The highest BCUT2D eigenvalue weighted by Gasteiger charge is 2.21. The Balaban J connectivity index is 3.51. The molecule has 0 fully saturated rings. The maximum absolute atomic E-state index is 5.17. The molecule has 0 heterocycles. The second-order valence-corrected chi connectivity index (χ2v) is 3.22. The molecule has 4 heteroatoms. The van der Waals surface area contributed by atoms with Gasteiger partial charge in [-0.3, -0.25) is 0 Å². The predicted molar refractivity (Wildman–Crippen MR) is 47.5 cm³/mol. The highest BCUT2D eigenvalue weighted by Crippen LogP contribution is 2.16. The Bertz CT molecular complexity index is 93.7. The molecule has 0 atom stereocenters. The number of rotatable bonds is 6. The highest BCUT2D eigenvalue weighted by molar-refractivity contribution is 5.97. The molecular formula is C7H18O3Si. The molecule has 0 aromatic rings. The van der Waals surface area contributed by atoms with Crippen LogP contribution >= 0.6 is 0 Å². The fourth-order valence-electron chi connectivity index (χ4n) is 0.825. The van der Waals surface area contributed by atoms with Crippen LogP contribution in [0.25, 0.3) is 0 Å². The van der Waals surface area contributed by atoms with E-state index in [0.29, 0.717) is 0 Å². The molecule has 0 radical (unpaired) electrons. The molecule has 0 N–H and O–H groups in total. The number of methoxy groups -OCH3 is 2. The van der Waals surface area contributed by atoms with E-state index in [1.807, 2.05) is 6.92 Å². The summed E-state index contributed by atoms with van der Waals surface area (Å²) in [6, 6.07) is 0. The van der Waals surface area contributed by atoms with Crippen LogP contribution in [0.3, 0.4) is 0 Å². The van der Waals surface area contributed by atoms with Crippen LogP contribution < -0.4 is 0 Å². The second kappa shape index (κ2) is 5.71. The zero-order valence-corrected chi connectivity index (χ0v) is 9.85. The molecule has 0 unspecified atom stereocenters. The molecule has 0 aromatic heterocycles. The van der Waals surface area contributed by atoms with Crippen molar-refractivity contribution in [2.75, 3.05) is 20.8 Å². The van der Waals surface area contributed by atoms with Gasteiger partial charge >= 0.3 is 0 Å². The van der Waals surface area contributed by atoms with Crippen molar-refractivity contribution >= 4 is 10.5 Å². The third-order valence-corrected chi connectivity index (χ3v) is 2.25. The van der Waals surface area contributed by atoms with Crippen LogP contribution in [0.4, 0.5) is 0 Å². The van der Waals surface area contributed by atoms with Crippen molar-refractivity contribution in [1.82, 2.24) is 0 Å². The summed E-state index contributed by atoms with van der Waals surface area (Å²) in [5, 5.41) is 0. The first-order chi connectivity index (χ1) is 5.18. The van der Waals surface area contributed by atoms with Crippen LogP contribution in [-0.4, -0.2) is 37.1 Å². The maximum atomic E-state index is 5.17. The summed E-state index contributed by atoms with van der Waals surface area (Å²) in [7, 11) is 4.13. The number of ether oxygens (including phenoxy) is 2. The molecule has 0 aliphatic heterocycles. The molecule has 0 spiro atoms. The van der Waals surface area contributed by atoms with Crippen molar-refractivity contribution in [2.24, 2.45) is 0 Å². The zero-order valence-electron chi connectivity index (χ0n) is 7.85. The third kappa shape index (κ3) is 4.52. The minimum Gasteiger partial charge on any atom is -0.428 e. The monoisotopic (exact) mass is 178 g/mol. The summed E-state index contributed by atoms with van der Waals surface area (Å²) < 4.78 is 15.4. The number of hydrogen-bond donors (Lipinski definition) is 0. The van der Waals surface area contributed by atoms with Gasteiger partial charge in [0.05, 0.1) is 0 Å². The quantitative estimate of drug-likeness (QED) is 0.327. The van der Waals surface area contributed by atoms with E-state index in [2.05, 4.69) is 0 Å². The first-order valence-corrected chi connectivity index (χ1v) is 4.59. The highest BCUT2D eigenvalue weighted by atomic mass is 28.2. The van der Waals surface area contributed by atoms with Gasteiger partial charge < -0.3 is 13.9 Å². The molecular weight excluding hydrogens is 160 g/mol. The van der Waals surface area contributed by atoms with Gasteiger partial charge in [0.1, 0.15) is 10.5 Å². The lowest BCUT2D eigenvalue weighted by Crippen LogP contribution is -2.29. The zero-order chi connectivity index (χ0) is 8.74. The van der Waals surface area contributed by atoms with Gasteiger partial charge in [-0.2, -0.15) is 0 Å². The van der Waals surface area contributed by atoms with Crippen molar-refractivity contribution < 1.29 is 13.9 Å². The molecule has 0 saturated heterocycles.